The number of ether oxygens (including phenoxy) is 2. The highest BCUT2D eigenvalue weighted by Gasteiger charge is 2.12. The first-order valence-corrected chi connectivity index (χ1v) is 8.93. The van der Waals surface area contributed by atoms with Crippen LogP contribution in [0.4, 0.5) is 23.0 Å². The van der Waals surface area contributed by atoms with E-state index in [-0.39, 0.29) is 0 Å². The van der Waals surface area contributed by atoms with E-state index in [4.69, 9.17) is 9.47 Å². The van der Waals surface area contributed by atoms with Crippen LogP contribution < -0.4 is 20.1 Å². The molecule has 0 bridgehead atoms. The van der Waals surface area contributed by atoms with Gasteiger partial charge in [0.1, 0.15) is 30.7 Å². The number of benzene rings is 2. The third-order valence-corrected chi connectivity index (χ3v) is 4.31. The maximum Gasteiger partial charge on any atom is 0.163 e. The van der Waals surface area contributed by atoms with Crippen molar-refractivity contribution in [1.82, 2.24) is 9.97 Å². The number of rotatable bonds is 4. The summed E-state index contributed by atoms with van der Waals surface area (Å²) in [6.45, 7) is 7.17. The molecule has 2 aromatic carbocycles. The molecule has 6 nitrogen and oxygen atoms in total. The van der Waals surface area contributed by atoms with Gasteiger partial charge in [0.05, 0.1) is 0 Å². The van der Waals surface area contributed by atoms with E-state index in [2.05, 4.69) is 52.6 Å². The maximum absolute atomic E-state index is 5.64. The van der Waals surface area contributed by atoms with Crippen molar-refractivity contribution in [1.29, 1.82) is 0 Å². The number of nitrogens with zero attached hydrogens (tertiary/aromatic N) is 2. The molecule has 0 unspecified atom stereocenters. The zero-order valence-electron chi connectivity index (χ0n) is 15.7. The van der Waals surface area contributed by atoms with Gasteiger partial charge < -0.3 is 20.1 Å². The minimum atomic E-state index is 0.562. The summed E-state index contributed by atoms with van der Waals surface area (Å²) in [6, 6.07) is 14.0. The van der Waals surface area contributed by atoms with Crippen LogP contribution in [-0.2, 0) is 0 Å². The van der Waals surface area contributed by atoms with Crippen LogP contribution in [0.1, 0.15) is 17.0 Å². The quantitative estimate of drug-likeness (QED) is 0.703. The number of hydrogen-bond acceptors (Lipinski definition) is 6. The van der Waals surface area contributed by atoms with Crippen LogP contribution in [0, 0.1) is 20.8 Å². The Morgan fingerprint density at radius 2 is 1.52 bits per heavy atom. The average molecular weight is 362 g/mol. The lowest BCUT2D eigenvalue weighted by Gasteiger charge is -2.19. The first-order chi connectivity index (χ1) is 13.1. The fourth-order valence-corrected chi connectivity index (χ4v) is 2.97. The van der Waals surface area contributed by atoms with Gasteiger partial charge in [-0.1, -0.05) is 12.1 Å². The van der Waals surface area contributed by atoms with E-state index in [9.17, 15) is 0 Å². The van der Waals surface area contributed by atoms with E-state index in [1.165, 1.54) is 11.1 Å². The topological polar surface area (TPSA) is 68.3 Å². The lowest BCUT2D eigenvalue weighted by atomic mass is 10.1. The van der Waals surface area contributed by atoms with Crippen LogP contribution in [0.25, 0.3) is 0 Å². The minimum absolute atomic E-state index is 0.562. The average Bonchev–Trinajstić information content (AvgIpc) is 2.64. The Morgan fingerprint density at radius 1 is 0.778 bits per heavy atom. The van der Waals surface area contributed by atoms with E-state index in [0.717, 1.165) is 28.7 Å². The van der Waals surface area contributed by atoms with Crippen molar-refractivity contribution < 1.29 is 9.47 Å². The van der Waals surface area contributed by atoms with Crippen molar-refractivity contribution >= 4 is 23.0 Å². The number of nitrogens with one attached hydrogen (secondary N) is 2. The third kappa shape index (κ3) is 3.95. The molecule has 0 aliphatic carbocycles. The van der Waals surface area contributed by atoms with Crippen molar-refractivity contribution in [2.45, 2.75) is 20.8 Å². The molecule has 0 atom stereocenters. The largest absolute Gasteiger partial charge is 0.486 e. The van der Waals surface area contributed by atoms with Crippen LogP contribution in [0.3, 0.4) is 0 Å². The Hall–Kier alpha value is -3.28. The van der Waals surface area contributed by atoms with Gasteiger partial charge in [0.25, 0.3) is 0 Å². The second kappa shape index (κ2) is 7.15. The molecule has 0 saturated carbocycles. The fraction of sp³-hybridized carbons (Fsp3) is 0.238. The minimum Gasteiger partial charge on any atom is -0.486 e. The van der Waals surface area contributed by atoms with Crippen LogP contribution in [0.15, 0.2) is 42.5 Å². The fourth-order valence-electron chi connectivity index (χ4n) is 2.97. The lowest BCUT2D eigenvalue weighted by Crippen LogP contribution is -2.15. The number of fused-ring (bicyclic) bond motifs is 1. The molecular weight excluding hydrogens is 340 g/mol. The summed E-state index contributed by atoms with van der Waals surface area (Å²) in [6.07, 6.45) is 0. The second-order valence-electron chi connectivity index (χ2n) is 6.61. The van der Waals surface area contributed by atoms with Gasteiger partial charge in [-0.15, -0.1) is 0 Å². The Morgan fingerprint density at radius 3 is 2.33 bits per heavy atom. The first kappa shape index (κ1) is 17.1. The molecule has 6 heteroatoms. The normalized spacial score (nSPS) is 12.6. The number of aromatic nitrogens is 2. The third-order valence-electron chi connectivity index (χ3n) is 4.31. The number of anilines is 4. The highest BCUT2D eigenvalue weighted by molar-refractivity contribution is 5.67. The molecule has 0 saturated heterocycles. The van der Waals surface area contributed by atoms with E-state index in [0.29, 0.717) is 24.9 Å². The van der Waals surface area contributed by atoms with Gasteiger partial charge in [-0.2, -0.15) is 0 Å². The van der Waals surface area contributed by atoms with E-state index >= 15 is 0 Å². The zero-order valence-corrected chi connectivity index (χ0v) is 15.7. The summed E-state index contributed by atoms with van der Waals surface area (Å²) in [4.78, 5) is 8.99. The van der Waals surface area contributed by atoms with Crippen molar-refractivity contribution in [2.24, 2.45) is 0 Å². The summed E-state index contributed by atoms with van der Waals surface area (Å²) in [5.74, 6) is 3.65. The molecule has 2 N–H and O–H groups in total. The summed E-state index contributed by atoms with van der Waals surface area (Å²) in [5, 5.41) is 6.71. The molecule has 0 spiro atoms. The van der Waals surface area contributed by atoms with Gasteiger partial charge in [0.2, 0.25) is 0 Å². The van der Waals surface area contributed by atoms with Crippen LogP contribution in [0.5, 0.6) is 11.5 Å². The number of hydrogen-bond donors (Lipinski definition) is 2. The van der Waals surface area contributed by atoms with Gasteiger partial charge in [0.15, 0.2) is 11.5 Å². The molecule has 27 heavy (non-hydrogen) atoms. The van der Waals surface area contributed by atoms with Crippen molar-refractivity contribution in [3.8, 4) is 11.5 Å². The van der Waals surface area contributed by atoms with Crippen LogP contribution >= 0.6 is 0 Å². The van der Waals surface area contributed by atoms with Gasteiger partial charge >= 0.3 is 0 Å². The first-order valence-electron chi connectivity index (χ1n) is 8.93. The van der Waals surface area contributed by atoms with Crippen molar-refractivity contribution in [3.05, 3.63) is 59.4 Å². The molecule has 1 aliphatic heterocycles. The Labute approximate surface area is 158 Å². The monoisotopic (exact) mass is 362 g/mol. The van der Waals surface area contributed by atoms with Gasteiger partial charge in [0, 0.05) is 23.5 Å². The Balaban J connectivity index is 1.58. The van der Waals surface area contributed by atoms with E-state index in [1.54, 1.807) is 0 Å². The summed E-state index contributed by atoms with van der Waals surface area (Å²) in [7, 11) is 0. The highest BCUT2D eigenvalue weighted by atomic mass is 16.6. The van der Waals surface area contributed by atoms with Gasteiger partial charge in [-0.3, -0.25) is 0 Å². The summed E-state index contributed by atoms with van der Waals surface area (Å²) >= 11 is 0. The highest BCUT2D eigenvalue weighted by Crippen LogP contribution is 2.33. The molecule has 0 radical (unpaired) electrons. The number of aryl methyl sites for hydroxylation is 3. The molecule has 4 rings (SSSR count). The molecule has 2 heterocycles. The Kier molecular flexibility index (Phi) is 4.54. The standard InChI is InChI=1S/C21H22N4O2/c1-13-4-5-14(2)17(10-13)25-21-12-20(22-15(3)23-21)24-16-6-7-18-19(11-16)27-9-8-26-18/h4-7,10-12H,8-9H2,1-3H3,(H2,22,23,24,25). The molecular formula is C21H22N4O2. The van der Waals surface area contributed by atoms with E-state index in [1.807, 2.05) is 31.2 Å². The zero-order chi connectivity index (χ0) is 18.8. The molecule has 1 aromatic heterocycles. The van der Waals surface area contributed by atoms with Gasteiger partial charge in [-0.25, -0.2) is 9.97 Å². The smallest absolute Gasteiger partial charge is 0.163 e. The molecule has 0 fully saturated rings. The predicted molar refractivity (Wildman–Crippen MR) is 107 cm³/mol. The SMILES string of the molecule is Cc1ccc(C)c(Nc2cc(Nc3ccc4c(c3)OCCO4)nc(C)n2)c1. The maximum atomic E-state index is 5.64. The van der Waals surface area contributed by atoms with Crippen LogP contribution in [0.2, 0.25) is 0 Å². The van der Waals surface area contributed by atoms with Gasteiger partial charge in [-0.05, 0) is 50.1 Å². The molecule has 3 aromatic rings. The Bertz CT molecular complexity index is 988. The lowest BCUT2D eigenvalue weighted by molar-refractivity contribution is 0.171. The molecule has 138 valence electrons. The van der Waals surface area contributed by atoms with Crippen LogP contribution in [-0.4, -0.2) is 23.2 Å². The second-order valence-corrected chi connectivity index (χ2v) is 6.61. The molecule has 0 amide bonds. The van der Waals surface area contributed by atoms with E-state index < -0.39 is 0 Å². The summed E-state index contributed by atoms with van der Waals surface area (Å²) < 4.78 is 11.2. The van der Waals surface area contributed by atoms with Crippen molar-refractivity contribution in [3.63, 3.8) is 0 Å². The predicted octanol–water partition coefficient (Wildman–Crippen LogP) is 4.66. The molecule has 1 aliphatic rings. The van der Waals surface area contributed by atoms with Crippen molar-refractivity contribution in [2.75, 3.05) is 23.8 Å². The summed E-state index contributed by atoms with van der Waals surface area (Å²) in [5.41, 5.74) is 4.29.